The zero-order valence-electron chi connectivity index (χ0n) is 8.84. The van der Waals surface area contributed by atoms with E-state index in [9.17, 15) is 4.79 Å². The van der Waals surface area contributed by atoms with Gasteiger partial charge in [-0.3, -0.25) is 4.79 Å². The van der Waals surface area contributed by atoms with Gasteiger partial charge in [-0.1, -0.05) is 5.57 Å². The number of carbonyl (C=O) groups is 1. The average Bonchev–Trinajstić information content (AvgIpc) is 2.04. The minimum absolute atomic E-state index is 0.193. The zero-order chi connectivity index (χ0) is 9.84. The summed E-state index contributed by atoms with van der Waals surface area (Å²) in [5.41, 5.74) is 1.34. The standard InChI is InChI=1S/C11H19NO/c1-9(13)8-10-4-6-11(7-5-10)12(2)3/h8,11H,4-7H2,1-3H3. The molecule has 0 bridgehead atoms. The summed E-state index contributed by atoms with van der Waals surface area (Å²) in [6, 6.07) is 0.712. The highest BCUT2D eigenvalue weighted by molar-refractivity contribution is 5.87. The van der Waals surface area contributed by atoms with Crippen LogP contribution in [0.3, 0.4) is 0 Å². The zero-order valence-corrected chi connectivity index (χ0v) is 8.84. The van der Waals surface area contributed by atoms with Crippen molar-refractivity contribution in [2.75, 3.05) is 14.1 Å². The Bertz CT molecular complexity index is 208. The Kier molecular flexibility index (Phi) is 3.67. The highest BCUT2D eigenvalue weighted by atomic mass is 16.1. The lowest BCUT2D eigenvalue weighted by Gasteiger charge is -2.29. The van der Waals surface area contributed by atoms with E-state index in [1.165, 1.54) is 18.4 Å². The van der Waals surface area contributed by atoms with Gasteiger partial charge in [0, 0.05) is 6.04 Å². The van der Waals surface area contributed by atoms with Crippen LogP contribution in [0, 0.1) is 0 Å². The van der Waals surface area contributed by atoms with Crippen LogP contribution in [0.2, 0.25) is 0 Å². The van der Waals surface area contributed by atoms with Crippen LogP contribution in [0.25, 0.3) is 0 Å². The first-order chi connectivity index (χ1) is 6.09. The third kappa shape index (κ3) is 3.31. The Morgan fingerprint density at radius 2 is 1.92 bits per heavy atom. The maximum absolute atomic E-state index is 10.8. The van der Waals surface area contributed by atoms with Crippen molar-refractivity contribution in [1.29, 1.82) is 0 Å². The molecule has 0 amide bonds. The van der Waals surface area contributed by atoms with Crippen molar-refractivity contribution in [2.24, 2.45) is 0 Å². The summed E-state index contributed by atoms with van der Waals surface area (Å²) in [5, 5.41) is 0. The summed E-state index contributed by atoms with van der Waals surface area (Å²) >= 11 is 0. The summed E-state index contributed by atoms with van der Waals surface area (Å²) in [7, 11) is 4.26. The molecule has 1 aliphatic rings. The highest BCUT2D eigenvalue weighted by Gasteiger charge is 2.17. The second-order valence-electron chi connectivity index (χ2n) is 4.11. The van der Waals surface area contributed by atoms with E-state index in [0.717, 1.165) is 12.8 Å². The van der Waals surface area contributed by atoms with Crippen LogP contribution in [0.15, 0.2) is 11.6 Å². The third-order valence-electron chi connectivity index (χ3n) is 2.74. The maximum atomic E-state index is 10.8. The number of rotatable bonds is 2. The third-order valence-corrected chi connectivity index (χ3v) is 2.74. The quantitative estimate of drug-likeness (QED) is 0.607. The summed E-state index contributed by atoms with van der Waals surface area (Å²) in [4.78, 5) is 13.1. The van der Waals surface area contributed by atoms with Crippen molar-refractivity contribution < 1.29 is 4.79 Å². The molecule has 0 aromatic rings. The fourth-order valence-electron chi connectivity index (χ4n) is 1.92. The molecule has 0 heterocycles. The first-order valence-electron chi connectivity index (χ1n) is 4.96. The maximum Gasteiger partial charge on any atom is 0.152 e. The Hall–Kier alpha value is -0.630. The predicted molar refractivity (Wildman–Crippen MR) is 54.7 cm³/mol. The molecular formula is C11H19NO. The average molecular weight is 181 g/mol. The van der Waals surface area contributed by atoms with Gasteiger partial charge in [-0.2, -0.15) is 0 Å². The monoisotopic (exact) mass is 181 g/mol. The Labute approximate surface area is 80.6 Å². The summed E-state index contributed by atoms with van der Waals surface area (Å²) in [5.74, 6) is 0.193. The largest absolute Gasteiger partial charge is 0.306 e. The first-order valence-corrected chi connectivity index (χ1v) is 4.96. The molecule has 0 spiro atoms. The van der Waals surface area contributed by atoms with E-state index in [1.54, 1.807) is 6.92 Å². The number of ketones is 1. The summed E-state index contributed by atoms with van der Waals surface area (Å²) in [6.45, 7) is 1.63. The summed E-state index contributed by atoms with van der Waals surface area (Å²) in [6.07, 6.45) is 6.41. The van der Waals surface area contributed by atoms with Crippen molar-refractivity contribution in [3.63, 3.8) is 0 Å². The van der Waals surface area contributed by atoms with E-state index in [4.69, 9.17) is 0 Å². The van der Waals surface area contributed by atoms with E-state index in [1.807, 2.05) is 6.08 Å². The molecule has 1 saturated carbocycles. The Morgan fingerprint density at radius 1 is 1.38 bits per heavy atom. The second kappa shape index (κ2) is 4.56. The Balaban J connectivity index is 2.43. The molecule has 0 N–H and O–H groups in total. The molecule has 2 heteroatoms. The van der Waals surface area contributed by atoms with Gasteiger partial charge in [0.05, 0.1) is 0 Å². The van der Waals surface area contributed by atoms with Crippen molar-refractivity contribution in [3.05, 3.63) is 11.6 Å². The van der Waals surface area contributed by atoms with Crippen LogP contribution < -0.4 is 0 Å². The van der Waals surface area contributed by atoms with Crippen LogP contribution in [0.1, 0.15) is 32.6 Å². The van der Waals surface area contributed by atoms with Gasteiger partial charge >= 0.3 is 0 Å². The number of carbonyl (C=O) groups excluding carboxylic acids is 1. The number of allylic oxidation sites excluding steroid dienone is 2. The lowest BCUT2D eigenvalue weighted by atomic mass is 9.89. The molecular weight excluding hydrogens is 162 g/mol. The molecule has 0 unspecified atom stereocenters. The van der Waals surface area contributed by atoms with Gasteiger partial charge in [0.15, 0.2) is 5.78 Å². The van der Waals surface area contributed by atoms with Gasteiger partial charge in [0.2, 0.25) is 0 Å². The van der Waals surface area contributed by atoms with Crippen LogP contribution in [0.4, 0.5) is 0 Å². The second-order valence-corrected chi connectivity index (χ2v) is 4.11. The van der Waals surface area contributed by atoms with E-state index < -0.39 is 0 Å². The van der Waals surface area contributed by atoms with Crippen molar-refractivity contribution in [1.82, 2.24) is 4.90 Å². The molecule has 1 aliphatic carbocycles. The molecule has 74 valence electrons. The van der Waals surface area contributed by atoms with E-state index in [2.05, 4.69) is 19.0 Å². The highest BCUT2D eigenvalue weighted by Crippen LogP contribution is 2.25. The van der Waals surface area contributed by atoms with Crippen LogP contribution >= 0.6 is 0 Å². The van der Waals surface area contributed by atoms with Crippen molar-refractivity contribution in [2.45, 2.75) is 38.6 Å². The van der Waals surface area contributed by atoms with Crippen molar-refractivity contribution in [3.8, 4) is 0 Å². The van der Waals surface area contributed by atoms with Gasteiger partial charge in [-0.05, 0) is 52.8 Å². The van der Waals surface area contributed by atoms with Crippen LogP contribution in [0.5, 0.6) is 0 Å². The minimum Gasteiger partial charge on any atom is -0.306 e. The molecule has 0 aromatic heterocycles. The molecule has 13 heavy (non-hydrogen) atoms. The first kappa shape index (κ1) is 10.5. The number of nitrogens with zero attached hydrogens (tertiary/aromatic N) is 1. The smallest absolute Gasteiger partial charge is 0.152 e. The molecule has 0 aliphatic heterocycles. The van der Waals surface area contributed by atoms with Gasteiger partial charge in [-0.25, -0.2) is 0 Å². The minimum atomic E-state index is 0.193. The molecule has 0 atom stereocenters. The van der Waals surface area contributed by atoms with Gasteiger partial charge in [0.25, 0.3) is 0 Å². The number of hydrogen-bond acceptors (Lipinski definition) is 2. The fourth-order valence-corrected chi connectivity index (χ4v) is 1.92. The fraction of sp³-hybridized carbons (Fsp3) is 0.727. The topological polar surface area (TPSA) is 20.3 Å². The molecule has 0 radical (unpaired) electrons. The lowest BCUT2D eigenvalue weighted by molar-refractivity contribution is -0.112. The molecule has 1 fully saturated rings. The van der Waals surface area contributed by atoms with Crippen LogP contribution in [-0.4, -0.2) is 30.8 Å². The van der Waals surface area contributed by atoms with Gasteiger partial charge in [-0.15, -0.1) is 0 Å². The molecule has 2 nitrogen and oxygen atoms in total. The normalized spacial score (nSPS) is 23.4. The summed E-state index contributed by atoms with van der Waals surface area (Å²) < 4.78 is 0. The van der Waals surface area contributed by atoms with Gasteiger partial charge < -0.3 is 4.90 Å². The predicted octanol–water partition coefficient (Wildman–Crippen LogP) is 2.01. The molecule has 1 rings (SSSR count). The van der Waals surface area contributed by atoms with Crippen LogP contribution in [-0.2, 0) is 4.79 Å². The molecule has 0 aromatic carbocycles. The number of hydrogen-bond donors (Lipinski definition) is 0. The van der Waals surface area contributed by atoms with Crippen molar-refractivity contribution >= 4 is 5.78 Å². The lowest BCUT2D eigenvalue weighted by Crippen LogP contribution is -2.30. The van der Waals surface area contributed by atoms with Gasteiger partial charge in [0.1, 0.15) is 0 Å². The van der Waals surface area contributed by atoms with E-state index in [-0.39, 0.29) is 5.78 Å². The molecule has 0 saturated heterocycles. The SMILES string of the molecule is CC(=O)C=C1CCC(N(C)C)CC1. The van der Waals surface area contributed by atoms with E-state index >= 15 is 0 Å². The van der Waals surface area contributed by atoms with E-state index in [0.29, 0.717) is 6.04 Å². The Morgan fingerprint density at radius 3 is 2.31 bits per heavy atom.